The van der Waals surface area contributed by atoms with Gasteiger partial charge in [-0.3, -0.25) is 4.68 Å². The number of rotatable bonds is 6. The maximum atomic E-state index is 4.42. The van der Waals surface area contributed by atoms with Gasteiger partial charge in [0.15, 0.2) is 0 Å². The highest BCUT2D eigenvalue weighted by molar-refractivity contribution is 5.43. The summed E-state index contributed by atoms with van der Waals surface area (Å²) in [4.78, 5) is 2.46. The van der Waals surface area contributed by atoms with E-state index in [4.69, 9.17) is 0 Å². The quantitative estimate of drug-likeness (QED) is 0.786. The van der Waals surface area contributed by atoms with E-state index in [2.05, 4.69) is 42.3 Å². The van der Waals surface area contributed by atoms with Gasteiger partial charge in [0.05, 0.1) is 11.9 Å². The van der Waals surface area contributed by atoms with E-state index in [0.717, 1.165) is 19.0 Å². The van der Waals surface area contributed by atoms with Crippen molar-refractivity contribution in [2.45, 2.75) is 39.7 Å². The molecule has 1 aromatic rings. The predicted molar refractivity (Wildman–Crippen MR) is 76.1 cm³/mol. The second kappa shape index (κ2) is 6.23. The van der Waals surface area contributed by atoms with Crippen LogP contribution in [0.5, 0.6) is 0 Å². The Morgan fingerprint density at radius 3 is 3.00 bits per heavy atom. The van der Waals surface area contributed by atoms with Crippen LogP contribution in [0.1, 0.15) is 39.7 Å². The molecule has 1 atom stereocenters. The van der Waals surface area contributed by atoms with Gasteiger partial charge in [-0.15, -0.1) is 0 Å². The summed E-state index contributed by atoms with van der Waals surface area (Å²) in [7, 11) is 0. The molecule has 1 aliphatic heterocycles. The van der Waals surface area contributed by atoms with Crippen molar-refractivity contribution in [2.24, 2.45) is 5.92 Å². The van der Waals surface area contributed by atoms with Crippen molar-refractivity contribution < 1.29 is 0 Å². The zero-order valence-corrected chi connectivity index (χ0v) is 11.9. The number of nitrogens with zero attached hydrogens (tertiary/aromatic N) is 3. The first kappa shape index (κ1) is 13.4. The van der Waals surface area contributed by atoms with E-state index >= 15 is 0 Å². The number of aromatic nitrogens is 2. The molecule has 1 N–H and O–H groups in total. The lowest BCUT2D eigenvalue weighted by Gasteiger charge is -2.16. The molecule has 1 aliphatic rings. The van der Waals surface area contributed by atoms with E-state index in [1.807, 2.05) is 10.9 Å². The molecule has 1 fully saturated rings. The van der Waals surface area contributed by atoms with Crippen LogP contribution in [0.25, 0.3) is 0 Å². The first-order valence-corrected chi connectivity index (χ1v) is 7.20. The first-order chi connectivity index (χ1) is 8.70. The number of hydrogen-bond donors (Lipinski definition) is 1. The molecule has 0 bridgehead atoms. The van der Waals surface area contributed by atoms with Crippen LogP contribution in [-0.4, -0.2) is 36.0 Å². The Hall–Kier alpha value is -1.03. The molecular formula is C14H26N4. The molecule has 102 valence electrons. The van der Waals surface area contributed by atoms with E-state index < -0.39 is 0 Å². The first-order valence-electron chi connectivity index (χ1n) is 7.20. The fourth-order valence-electron chi connectivity index (χ4n) is 2.49. The van der Waals surface area contributed by atoms with Crippen molar-refractivity contribution in [3.05, 3.63) is 12.4 Å². The predicted octanol–water partition coefficient (Wildman–Crippen LogP) is 2.29. The van der Waals surface area contributed by atoms with E-state index in [9.17, 15) is 0 Å². The largest absolute Gasteiger partial charge is 0.369 e. The third-order valence-electron chi connectivity index (χ3n) is 3.63. The van der Waals surface area contributed by atoms with Crippen LogP contribution in [0.2, 0.25) is 0 Å². The average molecular weight is 250 g/mol. The summed E-state index contributed by atoms with van der Waals surface area (Å²) >= 11 is 0. The third kappa shape index (κ3) is 3.25. The summed E-state index contributed by atoms with van der Waals surface area (Å²) in [5, 5.41) is 7.95. The van der Waals surface area contributed by atoms with Gasteiger partial charge in [-0.1, -0.05) is 6.92 Å². The molecule has 2 rings (SSSR count). The van der Waals surface area contributed by atoms with Crippen molar-refractivity contribution >= 4 is 5.69 Å². The Morgan fingerprint density at radius 2 is 2.33 bits per heavy atom. The second-order valence-electron chi connectivity index (χ2n) is 5.58. The zero-order chi connectivity index (χ0) is 13.0. The van der Waals surface area contributed by atoms with Crippen LogP contribution in [0.4, 0.5) is 5.69 Å². The van der Waals surface area contributed by atoms with Crippen LogP contribution in [0, 0.1) is 5.92 Å². The number of hydrogen-bond acceptors (Lipinski definition) is 3. The Kier molecular flexibility index (Phi) is 4.64. The molecule has 4 heteroatoms. The lowest BCUT2D eigenvalue weighted by atomic mass is 10.1. The van der Waals surface area contributed by atoms with Gasteiger partial charge in [0, 0.05) is 25.3 Å². The van der Waals surface area contributed by atoms with Crippen LogP contribution < -0.4 is 10.2 Å². The fourth-order valence-corrected chi connectivity index (χ4v) is 2.49. The topological polar surface area (TPSA) is 33.1 Å². The summed E-state index contributed by atoms with van der Waals surface area (Å²) in [5.41, 5.74) is 1.28. The summed E-state index contributed by atoms with van der Waals surface area (Å²) in [6.45, 7) is 11.2. The smallest absolute Gasteiger partial charge is 0.0752 e. The van der Waals surface area contributed by atoms with Crippen LogP contribution in [0.3, 0.4) is 0 Å². The van der Waals surface area contributed by atoms with Crippen molar-refractivity contribution in [1.29, 1.82) is 0 Å². The highest BCUT2D eigenvalue weighted by Crippen LogP contribution is 2.23. The molecule has 0 amide bonds. The molecule has 1 saturated heterocycles. The summed E-state index contributed by atoms with van der Waals surface area (Å²) in [5.74, 6) is 0.791. The van der Waals surface area contributed by atoms with E-state index in [1.165, 1.54) is 31.6 Å². The molecule has 0 spiro atoms. The van der Waals surface area contributed by atoms with Crippen molar-refractivity contribution in [3.63, 3.8) is 0 Å². The maximum Gasteiger partial charge on any atom is 0.0752 e. The van der Waals surface area contributed by atoms with E-state index in [0.29, 0.717) is 6.04 Å². The van der Waals surface area contributed by atoms with E-state index in [1.54, 1.807) is 0 Å². The summed E-state index contributed by atoms with van der Waals surface area (Å²) in [6.07, 6.45) is 6.69. The monoisotopic (exact) mass is 250 g/mol. The lowest BCUT2D eigenvalue weighted by Crippen LogP contribution is -2.26. The number of nitrogens with one attached hydrogen (secondary N) is 1. The van der Waals surface area contributed by atoms with Crippen molar-refractivity contribution in [1.82, 2.24) is 15.1 Å². The van der Waals surface area contributed by atoms with Crippen LogP contribution >= 0.6 is 0 Å². The average Bonchev–Trinajstić information content (AvgIpc) is 2.97. The third-order valence-corrected chi connectivity index (χ3v) is 3.63. The van der Waals surface area contributed by atoms with Gasteiger partial charge in [-0.2, -0.15) is 5.10 Å². The molecule has 0 saturated carbocycles. The second-order valence-corrected chi connectivity index (χ2v) is 5.58. The van der Waals surface area contributed by atoms with Gasteiger partial charge in [0.25, 0.3) is 0 Å². The summed E-state index contributed by atoms with van der Waals surface area (Å²) in [6, 6.07) is 0.448. The normalized spacial score (nSPS) is 20.0. The molecule has 0 radical (unpaired) electrons. The Labute approximate surface area is 110 Å². The van der Waals surface area contributed by atoms with Crippen molar-refractivity contribution in [2.75, 3.05) is 31.1 Å². The van der Waals surface area contributed by atoms with Crippen molar-refractivity contribution in [3.8, 4) is 0 Å². The fraction of sp³-hybridized carbons (Fsp3) is 0.786. The lowest BCUT2D eigenvalue weighted by molar-refractivity contribution is 0.516. The maximum absolute atomic E-state index is 4.42. The molecule has 0 aromatic carbocycles. The van der Waals surface area contributed by atoms with Gasteiger partial charge in [0.1, 0.15) is 0 Å². The molecule has 1 aromatic heterocycles. The van der Waals surface area contributed by atoms with Gasteiger partial charge < -0.3 is 10.2 Å². The molecule has 1 unspecified atom stereocenters. The molecular weight excluding hydrogens is 224 g/mol. The zero-order valence-electron chi connectivity index (χ0n) is 11.9. The minimum atomic E-state index is 0.448. The van der Waals surface area contributed by atoms with Crippen LogP contribution in [-0.2, 0) is 0 Å². The van der Waals surface area contributed by atoms with Gasteiger partial charge in [0.2, 0.25) is 0 Å². The van der Waals surface area contributed by atoms with Crippen LogP contribution in [0.15, 0.2) is 12.4 Å². The Bertz CT molecular complexity index is 358. The highest BCUT2D eigenvalue weighted by Gasteiger charge is 2.23. The summed E-state index contributed by atoms with van der Waals surface area (Å²) < 4.78 is 2.04. The molecule has 18 heavy (non-hydrogen) atoms. The Morgan fingerprint density at radius 1 is 1.50 bits per heavy atom. The molecule has 4 nitrogen and oxygen atoms in total. The molecule has 0 aliphatic carbocycles. The molecule has 2 heterocycles. The Balaban J connectivity index is 1.84. The minimum absolute atomic E-state index is 0.448. The SMILES string of the molecule is CCCNCC1CCN(c2cnn(C(C)C)c2)C1. The number of anilines is 1. The van der Waals surface area contributed by atoms with E-state index in [-0.39, 0.29) is 0 Å². The standard InChI is InChI=1S/C14H26N4/c1-4-6-15-8-13-5-7-17(10-13)14-9-16-18(11-14)12(2)3/h9,11-13,15H,4-8,10H2,1-3H3. The van der Waals surface area contributed by atoms with Gasteiger partial charge >= 0.3 is 0 Å². The highest BCUT2D eigenvalue weighted by atomic mass is 15.3. The van der Waals surface area contributed by atoms with Gasteiger partial charge in [-0.25, -0.2) is 0 Å². The minimum Gasteiger partial charge on any atom is -0.369 e. The van der Waals surface area contributed by atoms with Gasteiger partial charge in [-0.05, 0) is 45.7 Å².